The topological polar surface area (TPSA) is 29.5 Å². The minimum atomic E-state index is 0.292. The second-order valence-corrected chi connectivity index (χ2v) is 5.75. The summed E-state index contributed by atoms with van der Waals surface area (Å²) in [6.45, 7) is 9.20. The third-order valence-corrected chi connectivity index (χ3v) is 3.94. The van der Waals surface area contributed by atoms with Crippen molar-refractivity contribution in [2.75, 3.05) is 26.3 Å². The number of nitrogens with zero attached hydrogens (tertiary/aromatic N) is 1. The van der Waals surface area contributed by atoms with E-state index in [9.17, 15) is 4.79 Å². The Labute approximate surface area is 132 Å². The van der Waals surface area contributed by atoms with Crippen LogP contribution in [0.1, 0.15) is 85.0 Å². The molecule has 0 rings (SSSR count). The van der Waals surface area contributed by atoms with Crippen molar-refractivity contribution in [3.8, 4) is 0 Å². The first kappa shape index (κ1) is 20.4. The number of ether oxygens (including phenoxy) is 1. The van der Waals surface area contributed by atoms with E-state index in [0.717, 1.165) is 26.1 Å². The van der Waals surface area contributed by atoms with Crippen molar-refractivity contribution in [1.29, 1.82) is 0 Å². The number of carbonyl (C=O) groups is 1. The van der Waals surface area contributed by atoms with Crippen molar-refractivity contribution in [3.05, 3.63) is 0 Å². The van der Waals surface area contributed by atoms with Gasteiger partial charge in [0.15, 0.2) is 0 Å². The summed E-state index contributed by atoms with van der Waals surface area (Å²) in [6, 6.07) is 0. The Morgan fingerprint density at radius 1 is 0.857 bits per heavy atom. The lowest BCUT2D eigenvalue weighted by Crippen LogP contribution is -2.33. The number of likely N-dealkylation sites (N-methyl/N-ethyl adjacent to an activating group) is 1. The van der Waals surface area contributed by atoms with Gasteiger partial charge < -0.3 is 9.64 Å². The third kappa shape index (κ3) is 12.9. The Morgan fingerprint density at radius 2 is 1.43 bits per heavy atom. The zero-order chi connectivity index (χ0) is 15.8. The van der Waals surface area contributed by atoms with E-state index in [4.69, 9.17) is 4.74 Å². The molecule has 0 heterocycles. The van der Waals surface area contributed by atoms with Gasteiger partial charge in [-0.2, -0.15) is 0 Å². The van der Waals surface area contributed by atoms with Gasteiger partial charge in [0.2, 0.25) is 5.91 Å². The number of unbranched alkanes of at least 4 members (excludes halogenated alkanes) is 8. The maximum Gasteiger partial charge on any atom is 0.222 e. The summed E-state index contributed by atoms with van der Waals surface area (Å²) in [5, 5.41) is 0. The molecule has 0 aromatic rings. The fraction of sp³-hybridized carbons (Fsp3) is 0.944. The molecule has 3 nitrogen and oxygen atoms in total. The monoisotopic (exact) mass is 299 g/mol. The molecule has 0 radical (unpaired) electrons. The van der Waals surface area contributed by atoms with Crippen LogP contribution in [-0.2, 0) is 9.53 Å². The molecule has 0 aromatic heterocycles. The average molecular weight is 299 g/mol. The molecule has 0 unspecified atom stereocenters. The second-order valence-electron chi connectivity index (χ2n) is 5.75. The molecular weight excluding hydrogens is 262 g/mol. The summed E-state index contributed by atoms with van der Waals surface area (Å²) in [5.41, 5.74) is 0. The van der Waals surface area contributed by atoms with Gasteiger partial charge in [0, 0.05) is 26.1 Å². The number of rotatable bonds is 15. The molecule has 0 aliphatic rings. The van der Waals surface area contributed by atoms with Gasteiger partial charge in [-0.3, -0.25) is 4.79 Å². The van der Waals surface area contributed by atoms with Gasteiger partial charge in [0.25, 0.3) is 0 Å². The summed E-state index contributed by atoms with van der Waals surface area (Å²) in [4.78, 5) is 14.0. The lowest BCUT2D eigenvalue weighted by Gasteiger charge is -2.20. The SMILES string of the molecule is CCCCCCCCCCCC(=O)N(CC)CCOCC. The molecule has 0 aromatic carbocycles. The van der Waals surface area contributed by atoms with E-state index < -0.39 is 0 Å². The van der Waals surface area contributed by atoms with Crippen molar-refractivity contribution in [2.45, 2.75) is 85.0 Å². The molecule has 0 N–H and O–H groups in total. The van der Waals surface area contributed by atoms with E-state index >= 15 is 0 Å². The Bertz CT molecular complexity index is 231. The van der Waals surface area contributed by atoms with Gasteiger partial charge in [-0.1, -0.05) is 58.3 Å². The highest BCUT2D eigenvalue weighted by atomic mass is 16.5. The molecule has 3 heteroatoms. The van der Waals surface area contributed by atoms with E-state index in [2.05, 4.69) is 6.92 Å². The highest BCUT2D eigenvalue weighted by Gasteiger charge is 2.10. The lowest BCUT2D eigenvalue weighted by atomic mass is 10.1. The molecule has 0 atom stereocenters. The van der Waals surface area contributed by atoms with Crippen molar-refractivity contribution >= 4 is 5.91 Å². The summed E-state index contributed by atoms with van der Waals surface area (Å²) < 4.78 is 5.32. The van der Waals surface area contributed by atoms with Crippen molar-refractivity contribution in [3.63, 3.8) is 0 Å². The minimum absolute atomic E-state index is 0.292. The number of hydrogen-bond acceptors (Lipinski definition) is 2. The summed E-state index contributed by atoms with van der Waals surface area (Å²) >= 11 is 0. The first-order chi connectivity index (χ1) is 10.3. The van der Waals surface area contributed by atoms with Crippen molar-refractivity contribution in [1.82, 2.24) is 4.90 Å². The molecule has 21 heavy (non-hydrogen) atoms. The average Bonchev–Trinajstić information content (AvgIpc) is 2.50. The predicted molar refractivity (Wildman–Crippen MR) is 90.6 cm³/mol. The van der Waals surface area contributed by atoms with Crippen LogP contribution in [0, 0.1) is 0 Å². The summed E-state index contributed by atoms with van der Waals surface area (Å²) in [6.07, 6.45) is 12.4. The highest BCUT2D eigenvalue weighted by molar-refractivity contribution is 5.76. The van der Waals surface area contributed by atoms with Crippen LogP contribution in [0.4, 0.5) is 0 Å². The standard InChI is InChI=1S/C18H37NO2/c1-4-7-8-9-10-11-12-13-14-15-18(20)19(5-2)16-17-21-6-3/h4-17H2,1-3H3. The maximum atomic E-state index is 12.0. The van der Waals surface area contributed by atoms with Crippen LogP contribution in [-0.4, -0.2) is 37.1 Å². The quantitative estimate of drug-likeness (QED) is 0.407. The number of hydrogen-bond donors (Lipinski definition) is 0. The van der Waals surface area contributed by atoms with E-state index in [1.54, 1.807) is 0 Å². The van der Waals surface area contributed by atoms with Crippen LogP contribution >= 0.6 is 0 Å². The molecule has 0 saturated heterocycles. The first-order valence-electron chi connectivity index (χ1n) is 9.11. The second kappa shape index (κ2) is 15.8. The van der Waals surface area contributed by atoms with Crippen LogP contribution in [0.5, 0.6) is 0 Å². The number of amides is 1. The smallest absolute Gasteiger partial charge is 0.222 e. The van der Waals surface area contributed by atoms with Gasteiger partial charge in [-0.05, 0) is 20.3 Å². The highest BCUT2D eigenvalue weighted by Crippen LogP contribution is 2.11. The summed E-state index contributed by atoms with van der Waals surface area (Å²) in [7, 11) is 0. The molecule has 0 spiro atoms. The molecule has 126 valence electrons. The first-order valence-corrected chi connectivity index (χ1v) is 9.11. The Morgan fingerprint density at radius 3 is 1.95 bits per heavy atom. The van der Waals surface area contributed by atoms with Crippen molar-refractivity contribution in [2.24, 2.45) is 0 Å². The van der Waals surface area contributed by atoms with Gasteiger partial charge in [0.05, 0.1) is 6.61 Å². The van der Waals surface area contributed by atoms with E-state index in [0.29, 0.717) is 18.9 Å². The Balaban J connectivity index is 3.46. The van der Waals surface area contributed by atoms with Crippen LogP contribution in [0.3, 0.4) is 0 Å². The maximum absolute atomic E-state index is 12.0. The van der Waals surface area contributed by atoms with Gasteiger partial charge in [0.1, 0.15) is 0 Å². The van der Waals surface area contributed by atoms with Crippen LogP contribution in [0.2, 0.25) is 0 Å². The molecule has 0 aliphatic heterocycles. The fourth-order valence-electron chi connectivity index (χ4n) is 2.52. The lowest BCUT2D eigenvalue weighted by molar-refractivity contribution is -0.131. The fourth-order valence-corrected chi connectivity index (χ4v) is 2.52. The van der Waals surface area contributed by atoms with Crippen LogP contribution in [0.25, 0.3) is 0 Å². The van der Waals surface area contributed by atoms with Gasteiger partial charge in [-0.15, -0.1) is 0 Å². The molecule has 0 saturated carbocycles. The minimum Gasteiger partial charge on any atom is -0.380 e. The normalized spacial score (nSPS) is 10.8. The van der Waals surface area contributed by atoms with Crippen LogP contribution < -0.4 is 0 Å². The van der Waals surface area contributed by atoms with Gasteiger partial charge in [-0.25, -0.2) is 0 Å². The zero-order valence-corrected chi connectivity index (χ0v) is 14.7. The molecular formula is C18H37NO2. The predicted octanol–water partition coefficient (Wildman–Crippen LogP) is 4.79. The van der Waals surface area contributed by atoms with Crippen LogP contribution in [0.15, 0.2) is 0 Å². The Hall–Kier alpha value is -0.570. The third-order valence-electron chi connectivity index (χ3n) is 3.94. The molecule has 0 bridgehead atoms. The molecule has 1 amide bonds. The van der Waals surface area contributed by atoms with E-state index in [1.165, 1.54) is 51.4 Å². The summed E-state index contributed by atoms with van der Waals surface area (Å²) in [5.74, 6) is 0.292. The van der Waals surface area contributed by atoms with Crippen molar-refractivity contribution < 1.29 is 9.53 Å². The Kier molecular flexibility index (Phi) is 15.4. The van der Waals surface area contributed by atoms with E-state index in [-0.39, 0.29) is 0 Å². The number of carbonyl (C=O) groups excluding carboxylic acids is 1. The van der Waals surface area contributed by atoms with E-state index in [1.807, 2.05) is 18.7 Å². The van der Waals surface area contributed by atoms with Gasteiger partial charge >= 0.3 is 0 Å². The zero-order valence-electron chi connectivity index (χ0n) is 14.7. The molecule has 0 aliphatic carbocycles. The molecule has 0 fully saturated rings. The largest absolute Gasteiger partial charge is 0.380 e.